The van der Waals surface area contributed by atoms with E-state index in [4.69, 9.17) is 0 Å². The Hall–Kier alpha value is -2.37. The molecular formula is C14H21N5O. The van der Waals surface area contributed by atoms with Gasteiger partial charge in [0.1, 0.15) is 5.82 Å². The smallest absolute Gasteiger partial charge is 0.227 e. The Morgan fingerprint density at radius 3 is 2.85 bits per heavy atom. The maximum absolute atomic E-state index is 11.7. The van der Waals surface area contributed by atoms with Crippen molar-refractivity contribution in [2.24, 2.45) is 4.99 Å². The van der Waals surface area contributed by atoms with E-state index in [0.29, 0.717) is 31.3 Å². The zero-order chi connectivity index (χ0) is 14.8. The molecule has 1 amide bonds. The van der Waals surface area contributed by atoms with Gasteiger partial charge in [-0.3, -0.25) is 9.79 Å². The third kappa shape index (κ3) is 5.99. The molecule has 0 saturated carbocycles. The fourth-order valence-electron chi connectivity index (χ4n) is 1.43. The molecule has 1 rings (SSSR count). The average molecular weight is 275 g/mol. The van der Waals surface area contributed by atoms with Crippen LogP contribution in [0.5, 0.6) is 0 Å². The molecule has 0 aliphatic carbocycles. The summed E-state index contributed by atoms with van der Waals surface area (Å²) in [6.07, 6.45) is 3.79. The second kappa shape index (κ2) is 8.68. The van der Waals surface area contributed by atoms with Crippen molar-refractivity contribution in [3.8, 4) is 0 Å². The molecule has 0 aliphatic heterocycles. The maximum atomic E-state index is 11.7. The first-order chi connectivity index (χ1) is 9.65. The summed E-state index contributed by atoms with van der Waals surface area (Å²) in [6, 6.07) is 3.69. The van der Waals surface area contributed by atoms with Crippen LogP contribution in [-0.2, 0) is 4.79 Å². The minimum Gasteiger partial charge on any atom is -0.356 e. The molecule has 0 saturated heterocycles. The number of aromatic nitrogens is 1. The Morgan fingerprint density at radius 2 is 2.25 bits per heavy atom. The van der Waals surface area contributed by atoms with Gasteiger partial charge in [-0.25, -0.2) is 4.98 Å². The second-order valence-corrected chi connectivity index (χ2v) is 4.19. The monoisotopic (exact) mass is 275 g/mol. The number of hydrogen-bond donors (Lipinski definition) is 3. The molecule has 0 spiro atoms. The van der Waals surface area contributed by atoms with Crippen LogP contribution in [0, 0.1) is 6.92 Å². The van der Waals surface area contributed by atoms with Gasteiger partial charge < -0.3 is 16.0 Å². The van der Waals surface area contributed by atoms with E-state index in [0.717, 1.165) is 5.56 Å². The van der Waals surface area contributed by atoms with E-state index in [9.17, 15) is 4.79 Å². The number of hydrogen-bond acceptors (Lipinski definition) is 3. The Labute approximate surface area is 119 Å². The number of guanidine groups is 1. The standard InChI is InChI=1S/C14H21N5O/c1-4-8-16-14(15-3)17-9-7-13(20)19-12-6-5-11(2)10-18-12/h4-6,10H,1,7-9H2,2-3H3,(H2,15,16,17)(H,18,19,20). The zero-order valence-corrected chi connectivity index (χ0v) is 11.9. The van der Waals surface area contributed by atoms with Crippen molar-refractivity contribution < 1.29 is 4.79 Å². The lowest BCUT2D eigenvalue weighted by Gasteiger charge is -2.10. The molecule has 6 heteroatoms. The molecule has 3 N–H and O–H groups in total. The van der Waals surface area contributed by atoms with Crippen LogP contribution in [0.15, 0.2) is 36.0 Å². The van der Waals surface area contributed by atoms with Crippen LogP contribution in [0.3, 0.4) is 0 Å². The zero-order valence-electron chi connectivity index (χ0n) is 11.9. The number of rotatable bonds is 6. The van der Waals surface area contributed by atoms with Crippen molar-refractivity contribution in [3.05, 3.63) is 36.5 Å². The van der Waals surface area contributed by atoms with Crippen molar-refractivity contribution in [3.63, 3.8) is 0 Å². The predicted molar refractivity (Wildman–Crippen MR) is 81.8 cm³/mol. The van der Waals surface area contributed by atoms with Crippen LogP contribution < -0.4 is 16.0 Å². The Balaban J connectivity index is 2.29. The first-order valence-electron chi connectivity index (χ1n) is 6.43. The van der Waals surface area contributed by atoms with Gasteiger partial charge in [0.15, 0.2) is 5.96 Å². The van der Waals surface area contributed by atoms with E-state index in [2.05, 4.69) is 32.5 Å². The Kier molecular flexibility index (Phi) is 6.81. The average Bonchev–Trinajstić information content (AvgIpc) is 2.45. The summed E-state index contributed by atoms with van der Waals surface area (Å²) in [5.74, 6) is 1.12. The first kappa shape index (κ1) is 15.7. The molecule has 0 aromatic carbocycles. The highest BCUT2D eigenvalue weighted by atomic mass is 16.1. The van der Waals surface area contributed by atoms with Crippen molar-refractivity contribution >= 4 is 17.7 Å². The highest BCUT2D eigenvalue weighted by Crippen LogP contribution is 2.03. The molecule has 0 unspecified atom stereocenters. The fourth-order valence-corrected chi connectivity index (χ4v) is 1.43. The van der Waals surface area contributed by atoms with Crippen LogP contribution in [0.2, 0.25) is 0 Å². The van der Waals surface area contributed by atoms with E-state index in [1.165, 1.54) is 0 Å². The first-order valence-corrected chi connectivity index (χ1v) is 6.43. The third-order valence-corrected chi connectivity index (χ3v) is 2.46. The van der Waals surface area contributed by atoms with E-state index in [-0.39, 0.29) is 5.91 Å². The summed E-state index contributed by atoms with van der Waals surface area (Å²) >= 11 is 0. The molecule has 1 aromatic rings. The lowest BCUT2D eigenvalue weighted by Crippen LogP contribution is -2.38. The summed E-state index contributed by atoms with van der Waals surface area (Å²) in [5.41, 5.74) is 1.06. The summed E-state index contributed by atoms with van der Waals surface area (Å²) < 4.78 is 0. The van der Waals surface area contributed by atoms with Gasteiger partial charge in [0.25, 0.3) is 0 Å². The minimum absolute atomic E-state index is 0.0898. The van der Waals surface area contributed by atoms with Gasteiger partial charge in [-0.2, -0.15) is 0 Å². The van der Waals surface area contributed by atoms with Gasteiger partial charge in [-0.05, 0) is 18.6 Å². The highest BCUT2D eigenvalue weighted by molar-refractivity contribution is 5.90. The van der Waals surface area contributed by atoms with Crippen LogP contribution in [0.1, 0.15) is 12.0 Å². The van der Waals surface area contributed by atoms with Gasteiger partial charge in [-0.15, -0.1) is 6.58 Å². The number of anilines is 1. The third-order valence-electron chi connectivity index (χ3n) is 2.46. The molecule has 108 valence electrons. The van der Waals surface area contributed by atoms with E-state index >= 15 is 0 Å². The number of pyridine rings is 1. The Morgan fingerprint density at radius 1 is 1.45 bits per heavy atom. The number of nitrogens with one attached hydrogen (secondary N) is 3. The second-order valence-electron chi connectivity index (χ2n) is 4.19. The number of aliphatic imine (C=N–C) groups is 1. The highest BCUT2D eigenvalue weighted by Gasteiger charge is 2.03. The number of carbonyl (C=O) groups is 1. The molecule has 0 fully saturated rings. The van der Waals surface area contributed by atoms with Crippen molar-refractivity contribution in [1.29, 1.82) is 0 Å². The van der Waals surface area contributed by atoms with E-state index < -0.39 is 0 Å². The van der Waals surface area contributed by atoms with Gasteiger partial charge >= 0.3 is 0 Å². The van der Waals surface area contributed by atoms with Crippen LogP contribution >= 0.6 is 0 Å². The molecule has 0 radical (unpaired) electrons. The molecule has 1 aromatic heterocycles. The molecule has 6 nitrogen and oxygen atoms in total. The lowest BCUT2D eigenvalue weighted by atomic mass is 10.3. The predicted octanol–water partition coefficient (Wildman–Crippen LogP) is 1.07. The van der Waals surface area contributed by atoms with Crippen molar-refractivity contribution in [2.45, 2.75) is 13.3 Å². The van der Waals surface area contributed by atoms with Gasteiger partial charge in [-0.1, -0.05) is 12.1 Å². The Bertz CT molecular complexity index is 467. The largest absolute Gasteiger partial charge is 0.356 e. The van der Waals surface area contributed by atoms with Crippen LogP contribution in [0.4, 0.5) is 5.82 Å². The molecule has 20 heavy (non-hydrogen) atoms. The maximum Gasteiger partial charge on any atom is 0.227 e. The molecular weight excluding hydrogens is 254 g/mol. The molecule has 1 heterocycles. The number of nitrogens with zero attached hydrogens (tertiary/aromatic N) is 2. The summed E-state index contributed by atoms with van der Waals surface area (Å²) in [4.78, 5) is 19.9. The number of aryl methyl sites for hydroxylation is 1. The van der Waals surface area contributed by atoms with Crippen molar-refractivity contribution in [1.82, 2.24) is 15.6 Å². The minimum atomic E-state index is -0.0898. The van der Waals surface area contributed by atoms with Crippen LogP contribution in [-0.4, -0.2) is 37.0 Å². The van der Waals surface area contributed by atoms with Crippen molar-refractivity contribution in [2.75, 3.05) is 25.5 Å². The van der Waals surface area contributed by atoms with E-state index in [1.807, 2.05) is 13.0 Å². The summed E-state index contributed by atoms with van der Waals surface area (Å²) in [6.45, 7) is 6.68. The molecule has 0 atom stereocenters. The van der Waals surface area contributed by atoms with Gasteiger partial charge in [0, 0.05) is 32.8 Å². The quantitative estimate of drug-likeness (QED) is 0.412. The SMILES string of the molecule is C=CCNC(=NC)NCCC(=O)Nc1ccc(C)cn1. The topological polar surface area (TPSA) is 78.4 Å². The summed E-state index contributed by atoms with van der Waals surface area (Å²) in [5, 5.41) is 8.80. The summed E-state index contributed by atoms with van der Waals surface area (Å²) in [7, 11) is 1.68. The molecule has 0 aliphatic rings. The lowest BCUT2D eigenvalue weighted by molar-refractivity contribution is -0.116. The van der Waals surface area contributed by atoms with Gasteiger partial charge in [0.05, 0.1) is 0 Å². The number of carbonyl (C=O) groups excluding carboxylic acids is 1. The fraction of sp³-hybridized carbons (Fsp3) is 0.357. The number of amides is 1. The van der Waals surface area contributed by atoms with E-state index in [1.54, 1.807) is 25.4 Å². The molecule has 0 bridgehead atoms. The van der Waals surface area contributed by atoms with Crippen LogP contribution in [0.25, 0.3) is 0 Å². The normalized spacial score (nSPS) is 10.8. The van der Waals surface area contributed by atoms with Gasteiger partial charge in [0.2, 0.25) is 5.91 Å².